The first-order valence-electron chi connectivity index (χ1n) is 7.27. The van der Waals surface area contributed by atoms with Gasteiger partial charge < -0.3 is 15.8 Å². The summed E-state index contributed by atoms with van der Waals surface area (Å²) in [6.07, 6.45) is 1.01. The minimum Gasteiger partial charge on any atom is -0.473 e. The van der Waals surface area contributed by atoms with Gasteiger partial charge in [0.15, 0.2) is 0 Å². The number of rotatable bonds is 6. The molecule has 0 bridgehead atoms. The fourth-order valence-corrected chi connectivity index (χ4v) is 2.07. The molecule has 0 saturated carbocycles. The van der Waals surface area contributed by atoms with E-state index in [9.17, 15) is 0 Å². The summed E-state index contributed by atoms with van der Waals surface area (Å²) >= 11 is 0. The van der Waals surface area contributed by atoms with Gasteiger partial charge in [0, 0.05) is 6.54 Å². The van der Waals surface area contributed by atoms with Gasteiger partial charge in [-0.3, -0.25) is 0 Å². The van der Waals surface area contributed by atoms with Crippen molar-refractivity contribution in [3.8, 4) is 5.88 Å². The second-order valence-electron chi connectivity index (χ2n) is 5.42. The summed E-state index contributed by atoms with van der Waals surface area (Å²) in [4.78, 5) is 4.40. The van der Waals surface area contributed by atoms with E-state index in [-0.39, 0.29) is 6.10 Å². The minimum atomic E-state index is 0.0577. The van der Waals surface area contributed by atoms with Gasteiger partial charge in [-0.15, -0.1) is 0 Å². The second-order valence-corrected chi connectivity index (χ2v) is 5.42. The Balaban J connectivity index is 1.94. The van der Waals surface area contributed by atoms with Crippen molar-refractivity contribution >= 4 is 11.5 Å². The van der Waals surface area contributed by atoms with Crippen LogP contribution in [0.5, 0.6) is 5.88 Å². The normalized spacial score (nSPS) is 10.7. The molecular weight excluding hydrogens is 262 g/mol. The zero-order valence-corrected chi connectivity index (χ0v) is 12.9. The Morgan fingerprint density at radius 1 is 1.24 bits per heavy atom. The highest BCUT2D eigenvalue weighted by Gasteiger charge is 2.06. The zero-order valence-electron chi connectivity index (χ0n) is 12.9. The molecule has 0 aliphatic rings. The van der Waals surface area contributed by atoms with Gasteiger partial charge in [-0.2, -0.15) is 4.98 Å². The van der Waals surface area contributed by atoms with Crippen LogP contribution in [0.25, 0.3) is 0 Å². The van der Waals surface area contributed by atoms with E-state index in [0.717, 1.165) is 18.8 Å². The standard InChI is InChI=1S/C17H23N3O/c1-12(2)21-17-15(18)7-8-16(20-17)19-10-9-14-6-4-5-13(3)11-14/h4-8,11-12H,9-10,18H2,1-3H3,(H,19,20). The molecule has 3 N–H and O–H groups in total. The number of aryl methyl sites for hydroxylation is 1. The molecule has 2 rings (SSSR count). The van der Waals surface area contributed by atoms with Gasteiger partial charge in [0.2, 0.25) is 5.88 Å². The Morgan fingerprint density at radius 2 is 2.05 bits per heavy atom. The van der Waals surface area contributed by atoms with Crippen LogP contribution in [-0.4, -0.2) is 17.6 Å². The third-order valence-corrected chi connectivity index (χ3v) is 3.04. The van der Waals surface area contributed by atoms with E-state index in [1.807, 2.05) is 26.0 Å². The number of nitrogens with zero attached hydrogens (tertiary/aromatic N) is 1. The topological polar surface area (TPSA) is 60.2 Å². The van der Waals surface area contributed by atoms with Gasteiger partial charge in [-0.1, -0.05) is 29.8 Å². The smallest absolute Gasteiger partial charge is 0.239 e. The number of benzene rings is 1. The molecule has 0 amide bonds. The van der Waals surface area contributed by atoms with Crippen LogP contribution in [0.4, 0.5) is 11.5 Å². The van der Waals surface area contributed by atoms with Crippen molar-refractivity contribution in [3.05, 3.63) is 47.5 Å². The first-order valence-corrected chi connectivity index (χ1v) is 7.27. The lowest BCUT2D eigenvalue weighted by Crippen LogP contribution is -2.11. The van der Waals surface area contributed by atoms with E-state index in [2.05, 4.69) is 41.5 Å². The van der Waals surface area contributed by atoms with Gasteiger partial charge in [0.25, 0.3) is 0 Å². The van der Waals surface area contributed by atoms with Crippen molar-refractivity contribution in [1.29, 1.82) is 0 Å². The monoisotopic (exact) mass is 285 g/mol. The van der Waals surface area contributed by atoms with Crippen LogP contribution >= 0.6 is 0 Å². The molecule has 1 aromatic heterocycles. The number of ether oxygens (including phenoxy) is 1. The maximum atomic E-state index is 5.86. The van der Waals surface area contributed by atoms with Crippen molar-refractivity contribution in [2.24, 2.45) is 0 Å². The van der Waals surface area contributed by atoms with Crippen molar-refractivity contribution in [2.75, 3.05) is 17.6 Å². The molecule has 0 spiro atoms. The maximum absolute atomic E-state index is 5.86. The van der Waals surface area contributed by atoms with Gasteiger partial charge in [-0.25, -0.2) is 0 Å². The average Bonchev–Trinajstić information content (AvgIpc) is 2.42. The molecule has 1 aromatic carbocycles. The van der Waals surface area contributed by atoms with Crippen molar-refractivity contribution in [2.45, 2.75) is 33.3 Å². The maximum Gasteiger partial charge on any atom is 0.239 e. The molecular formula is C17H23N3O. The van der Waals surface area contributed by atoms with Crippen molar-refractivity contribution in [3.63, 3.8) is 0 Å². The van der Waals surface area contributed by atoms with E-state index in [4.69, 9.17) is 10.5 Å². The van der Waals surface area contributed by atoms with Gasteiger partial charge in [0.05, 0.1) is 11.8 Å². The minimum absolute atomic E-state index is 0.0577. The number of aromatic nitrogens is 1. The summed E-state index contributed by atoms with van der Waals surface area (Å²) in [5.74, 6) is 1.28. The Kier molecular flexibility index (Phi) is 5.04. The molecule has 21 heavy (non-hydrogen) atoms. The van der Waals surface area contributed by atoms with Gasteiger partial charge in [0.1, 0.15) is 5.82 Å². The Bertz CT molecular complexity index is 596. The predicted molar refractivity (Wildman–Crippen MR) is 87.8 cm³/mol. The molecule has 0 unspecified atom stereocenters. The molecule has 0 atom stereocenters. The summed E-state index contributed by atoms with van der Waals surface area (Å²) in [6, 6.07) is 12.2. The fraction of sp³-hybridized carbons (Fsp3) is 0.353. The number of nitrogen functional groups attached to an aromatic ring is 1. The molecule has 0 saturated heterocycles. The fourth-order valence-electron chi connectivity index (χ4n) is 2.07. The largest absolute Gasteiger partial charge is 0.473 e. The van der Waals surface area contributed by atoms with Crippen LogP contribution in [-0.2, 0) is 6.42 Å². The van der Waals surface area contributed by atoms with Crippen LogP contribution in [0.2, 0.25) is 0 Å². The molecule has 0 radical (unpaired) electrons. The van der Waals surface area contributed by atoms with E-state index in [1.165, 1.54) is 11.1 Å². The number of hydrogen-bond donors (Lipinski definition) is 2. The van der Waals surface area contributed by atoms with Crippen molar-refractivity contribution in [1.82, 2.24) is 4.98 Å². The number of nitrogens with one attached hydrogen (secondary N) is 1. The lowest BCUT2D eigenvalue weighted by Gasteiger charge is -2.13. The van der Waals surface area contributed by atoms with Crippen LogP contribution < -0.4 is 15.8 Å². The lowest BCUT2D eigenvalue weighted by molar-refractivity contribution is 0.234. The highest BCUT2D eigenvalue weighted by molar-refractivity contribution is 5.53. The number of anilines is 2. The summed E-state index contributed by atoms with van der Waals surface area (Å²) in [7, 11) is 0. The Labute approximate surface area is 126 Å². The second kappa shape index (κ2) is 6.97. The van der Waals surface area contributed by atoms with E-state index in [1.54, 1.807) is 0 Å². The third kappa shape index (κ3) is 4.67. The Morgan fingerprint density at radius 3 is 2.76 bits per heavy atom. The molecule has 2 aromatic rings. The van der Waals surface area contributed by atoms with E-state index >= 15 is 0 Å². The summed E-state index contributed by atoms with van der Waals surface area (Å²) in [6.45, 7) is 6.84. The molecule has 112 valence electrons. The lowest BCUT2D eigenvalue weighted by atomic mass is 10.1. The zero-order chi connectivity index (χ0) is 15.2. The molecule has 0 fully saturated rings. The van der Waals surface area contributed by atoms with E-state index < -0.39 is 0 Å². The Hall–Kier alpha value is -2.23. The predicted octanol–water partition coefficient (Wildman–Crippen LogP) is 3.41. The van der Waals surface area contributed by atoms with Crippen LogP contribution in [0, 0.1) is 6.92 Å². The third-order valence-electron chi connectivity index (χ3n) is 3.04. The molecule has 4 nitrogen and oxygen atoms in total. The first kappa shape index (κ1) is 15.2. The number of pyridine rings is 1. The van der Waals surface area contributed by atoms with Crippen LogP contribution in [0.3, 0.4) is 0 Å². The highest BCUT2D eigenvalue weighted by atomic mass is 16.5. The molecule has 1 heterocycles. The number of nitrogens with two attached hydrogens (primary N) is 1. The quantitative estimate of drug-likeness (QED) is 0.854. The summed E-state index contributed by atoms with van der Waals surface area (Å²) in [5, 5.41) is 3.31. The van der Waals surface area contributed by atoms with Crippen LogP contribution in [0.15, 0.2) is 36.4 Å². The van der Waals surface area contributed by atoms with E-state index in [0.29, 0.717) is 11.6 Å². The van der Waals surface area contributed by atoms with Crippen molar-refractivity contribution < 1.29 is 4.74 Å². The molecule has 0 aliphatic heterocycles. The average molecular weight is 285 g/mol. The molecule has 4 heteroatoms. The highest BCUT2D eigenvalue weighted by Crippen LogP contribution is 2.21. The number of hydrogen-bond acceptors (Lipinski definition) is 4. The SMILES string of the molecule is Cc1cccc(CCNc2ccc(N)c(OC(C)C)n2)c1. The summed E-state index contributed by atoms with van der Waals surface area (Å²) < 4.78 is 5.59. The van der Waals surface area contributed by atoms with Gasteiger partial charge in [-0.05, 0) is 44.9 Å². The van der Waals surface area contributed by atoms with Gasteiger partial charge >= 0.3 is 0 Å². The first-order chi connectivity index (χ1) is 10.0. The summed E-state index contributed by atoms with van der Waals surface area (Å²) in [5.41, 5.74) is 9.02. The van der Waals surface area contributed by atoms with Crippen LogP contribution in [0.1, 0.15) is 25.0 Å². The molecule has 0 aliphatic carbocycles.